The molecule has 1 atom stereocenters. The molecule has 0 saturated carbocycles. The number of carbonyl (C=O) groups is 1. The molecule has 1 fully saturated rings. The summed E-state index contributed by atoms with van der Waals surface area (Å²) in [4.78, 5) is 16.6. The van der Waals surface area contributed by atoms with Gasteiger partial charge in [0.2, 0.25) is 0 Å². The first kappa shape index (κ1) is 14.6. The summed E-state index contributed by atoms with van der Waals surface area (Å²) >= 11 is 0. The summed E-state index contributed by atoms with van der Waals surface area (Å²) in [6.45, 7) is 0.798. The Morgan fingerprint density at radius 3 is 2.70 bits per heavy atom. The molecule has 110 valence electrons. The molecule has 2 heterocycles. The van der Waals surface area contributed by atoms with Crippen molar-refractivity contribution in [3.05, 3.63) is 23.4 Å². The molecule has 1 saturated heterocycles. The van der Waals surface area contributed by atoms with Gasteiger partial charge in [-0.1, -0.05) is 0 Å². The molecule has 1 aromatic rings. The maximum atomic E-state index is 12.7. The predicted octanol–water partition coefficient (Wildman–Crippen LogP) is 1.13. The first-order valence-electron chi connectivity index (χ1n) is 6.19. The zero-order valence-electron chi connectivity index (χ0n) is 10.7. The molecule has 0 aromatic carbocycles. The number of nitrogens with two attached hydrogens (primary N) is 2. The van der Waals surface area contributed by atoms with E-state index in [0.717, 1.165) is 25.0 Å². The van der Waals surface area contributed by atoms with Crippen LogP contribution < -0.4 is 16.4 Å². The standard InChI is InChI=1S/C12H15F3N4O/c13-12(14,15)9-4-3-8(10(17)20)11(18-9)19-5-1-2-7(19)6-16/h3-4,7H,1-2,5-6,16H2,(H2,17,20). The summed E-state index contributed by atoms with van der Waals surface area (Å²) in [6, 6.07) is 1.71. The van der Waals surface area contributed by atoms with Crippen molar-refractivity contribution in [2.45, 2.75) is 25.1 Å². The summed E-state index contributed by atoms with van der Waals surface area (Å²) in [5, 5.41) is 0. The predicted molar refractivity (Wildman–Crippen MR) is 67.2 cm³/mol. The summed E-state index contributed by atoms with van der Waals surface area (Å²) < 4.78 is 38.2. The molecule has 1 amide bonds. The van der Waals surface area contributed by atoms with Gasteiger partial charge in [-0.3, -0.25) is 4.79 Å². The van der Waals surface area contributed by atoms with Gasteiger partial charge in [-0.15, -0.1) is 0 Å². The SMILES string of the molecule is NCC1CCCN1c1nc(C(F)(F)F)ccc1C(N)=O. The maximum absolute atomic E-state index is 12.7. The number of anilines is 1. The molecule has 1 aromatic heterocycles. The van der Waals surface area contributed by atoms with Crippen molar-refractivity contribution in [2.24, 2.45) is 11.5 Å². The van der Waals surface area contributed by atoms with E-state index in [1.165, 1.54) is 0 Å². The van der Waals surface area contributed by atoms with Crippen LogP contribution in [-0.2, 0) is 6.18 Å². The Hall–Kier alpha value is -1.83. The summed E-state index contributed by atoms with van der Waals surface area (Å²) in [5.74, 6) is -0.829. The zero-order chi connectivity index (χ0) is 14.9. The van der Waals surface area contributed by atoms with Gasteiger partial charge in [-0.25, -0.2) is 4.98 Å². The zero-order valence-corrected chi connectivity index (χ0v) is 10.7. The molecule has 1 unspecified atom stereocenters. The van der Waals surface area contributed by atoms with Crippen LogP contribution in [0.15, 0.2) is 12.1 Å². The van der Waals surface area contributed by atoms with Gasteiger partial charge in [0.25, 0.3) is 5.91 Å². The fourth-order valence-electron chi connectivity index (χ4n) is 2.38. The molecule has 2 rings (SSSR count). The molecule has 4 N–H and O–H groups in total. The summed E-state index contributed by atoms with van der Waals surface area (Å²) in [5.41, 5.74) is 9.76. The Morgan fingerprint density at radius 2 is 2.15 bits per heavy atom. The lowest BCUT2D eigenvalue weighted by Gasteiger charge is -2.26. The number of hydrogen-bond acceptors (Lipinski definition) is 4. The molecule has 20 heavy (non-hydrogen) atoms. The topological polar surface area (TPSA) is 85.2 Å². The van der Waals surface area contributed by atoms with E-state index in [9.17, 15) is 18.0 Å². The van der Waals surface area contributed by atoms with Crippen LogP contribution in [-0.4, -0.2) is 30.0 Å². The second-order valence-electron chi connectivity index (χ2n) is 4.65. The van der Waals surface area contributed by atoms with Crippen molar-refractivity contribution < 1.29 is 18.0 Å². The van der Waals surface area contributed by atoms with Crippen LogP contribution in [0.5, 0.6) is 0 Å². The van der Waals surface area contributed by atoms with E-state index in [-0.39, 0.29) is 24.0 Å². The van der Waals surface area contributed by atoms with E-state index in [4.69, 9.17) is 11.5 Å². The highest BCUT2D eigenvalue weighted by Crippen LogP contribution is 2.32. The summed E-state index contributed by atoms with van der Waals surface area (Å²) in [7, 11) is 0. The van der Waals surface area contributed by atoms with Crippen molar-refractivity contribution in [3.8, 4) is 0 Å². The fourth-order valence-corrected chi connectivity index (χ4v) is 2.38. The molecule has 1 aliphatic heterocycles. The van der Waals surface area contributed by atoms with Crippen LogP contribution in [0.25, 0.3) is 0 Å². The number of alkyl halides is 3. The van der Waals surface area contributed by atoms with Crippen molar-refractivity contribution in [1.29, 1.82) is 0 Å². The number of nitrogens with zero attached hydrogens (tertiary/aromatic N) is 2. The van der Waals surface area contributed by atoms with Crippen LogP contribution in [0.4, 0.5) is 19.0 Å². The van der Waals surface area contributed by atoms with Gasteiger partial charge >= 0.3 is 6.18 Å². The van der Waals surface area contributed by atoms with Crippen LogP contribution in [0.3, 0.4) is 0 Å². The Kier molecular flexibility index (Phi) is 3.85. The van der Waals surface area contributed by atoms with Crippen molar-refractivity contribution >= 4 is 11.7 Å². The van der Waals surface area contributed by atoms with Gasteiger partial charge < -0.3 is 16.4 Å². The highest BCUT2D eigenvalue weighted by atomic mass is 19.4. The molecule has 1 aliphatic rings. The van der Waals surface area contributed by atoms with Gasteiger partial charge in [0.05, 0.1) is 5.56 Å². The minimum Gasteiger partial charge on any atom is -0.365 e. The van der Waals surface area contributed by atoms with E-state index in [1.54, 1.807) is 4.90 Å². The molecule has 0 radical (unpaired) electrons. The van der Waals surface area contributed by atoms with Gasteiger partial charge in [0.1, 0.15) is 11.5 Å². The van der Waals surface area contributed by atoms with Crippen LogP contribution in [0.2, 0.25) is 0 Å². The number of rotatable bonds is 3. The van der Waals surface area contributed by atoms with Crippen LogP contribution >= 0.6 is 0 Å². The average Bonchev–Trinajstić information content (AvgIpc) is 2.84. The second kappa shape index (κ2) is 5.28. The van der Waals surface area contributed by atoms with E-state index in [2.05, 4.69) is 4.98 Å². The van der Waals surface area contributed by atoms with Crippen molar-refractivity contribution in [3.63, 3.8) is 0 Å². The lowest BCUT2D eigenvalue weighted by atomic mass is 10.1. The highest BCUT2D eigenvalue weighted by Gasteiger charge is 2.35. The van der Waals surface area contributed by atoms with Crippen molar-refractivity contribution in [2.75, 3.05) is 18.0 Å². The average molecular weight is 288 g/mol. The Morgan fingerprint density at radius 1 is 1.45 bits per heavy atom. The monoisotopic (exact) mass is 288 g/mol. The van der Waals surface area contributed by atoms with E-state index >= 15 is 0 Å². The normalized spacial score (nSPS) is 19.4. The fraction of sp³-hybridized carbons (Fsp3) is 0.500. The third-order valence-electron chi connectivity index (χ3n) is 3.35. The summed E-state index contributed by atoms with van der Waals surface area (Å²) in [6.07, 6.45) is -3.02. The van der Waals surface area contributed by atoms with Gasteiger partial charge in [-0.2, -0.15) is 13.2 Å². The lowest BCUT2D eigenvalue weighted by Crippen LogP contribution is -2.37. The minimum absolute atomic E-state index is 0.0154. The maximum Gasteiger partial charge on any atom is 0.433 e. The van der Waals surface area contributed by atoms with Crippen molar-refractivity contribution in [1.82, 2.24) is 4.98 Å². The molecular weight excluding hydrogens is 273 g/mol. The number of amides is 1. The molecule has 0 bridgehead atoms. The Labute approximate surface area is 113 Å². The second-order valence-corrected chi connectivity index (χ2v) is 4.65. The molecule has 0 aliphatic carbocycles. The number of aromatic nitrogens is 1. The van der Waals surface area contributed by atoms with Gasteiger partial charge in [-0.05, 0) is 25.0 Å². The van der Waals surface area contributed by atoms with Crippen LogP contribution in [0, 0.1) is 0 Å². The largest absolute Gasteiger partial charge is 0.433 e. The number of primary amides is 1. The lowest BCUT2D eigenvalue weighted by molar-refractivity contribution is -0.141. The van der Waals surface area contributed by atoms with Crippen LogP contribution in [0.1, 0.15) is 28.9 Å². The van der Waals surface area contributed by atoms with E-state index in [1.807, 2.05) is 0 Å². The third-order valence-corrected chi connectivity index (χ3v) is 3.35. The minimum atomic E-state index is -4.57. The first-order valence-corrected chi connectivity index (χ1v) is 6.19. The van der Waals surface area contributed by atoms with E-state index in [0.29, 0.717) is 6.54 Å². The quantitative estimate of drug-likeness (QED) is 0.873. The van der Waals surface area contributed by atoms with E-state index < -0.39 is 17.8 Å². The number of halogens is 3. The number of hydrogen-bond donors (Lipinski definition) is 2. The van der Waals surface area contributed by atoms with Gasteiger partial charge in [0, 0.05) is 19.1 Å². The Balaban J connectivity index is 2.50. The molecule has 0 spiro atoms. The smallest absolute Gasteiger partial charge is 0.365 e. The molecular formula is C12H15F3N4O. The number of carbonyl (C=O) groups excluding carboxylic acids is 1. The third kappa shape index (κ3) is 2.69. The van der Waals surface area contributed by atoms with Gasteiger partial charge in [0.15, 0.2) is 0 Å². The molecule has 5 nitrogen and oxygen atoms in total. The molecule has 8 heteroatoms. The first-order chi connectivity index (χ1) is 9.34. The highest BCUT2D eigenvalue weighted by molar-refractivity contribution is 5.97. The Bertz CT molecular complexity index is 518. The number of pyridine rings is 1.